The van der Waals surface area contributed by atoms with Crippen molar-refractivity contribution in [3.63, 3.8) is 0 Å². The predicted molar refractivity (Wildman–Crippen MR) is 250 cm³/mol. The third-order valence-corrected chi connectivity index (χ3v) is 11.7. The molecule has 6 heteroatoms. The highest BCUT2D eigenvalue weighted by Crippen LogP contribution is 2.15. The molecule has 0 saturated carbocycles. The second kappa shape index (κ2) is 48.0. The Kier molecular flexibility index (Phi) is 46.6. The van der Waals surface area contributed by atoms with Crippen molar-refractivity contribution in [1.82, 2.24) is 5.32 Å². The van der Waals surface area contributed by atoms with Gasteiger partial charge in [-0.25, -0.2) is 0 Å². The predicted octanol–water partition coefficient (Wildman–Crippen LogP) is 15.1. The molecule has 3 N–H and O–H groups in total. The number of carbonyl (C=O) groups is 2. The lowest BCUT2D eigenvalue weighted by Crippen LogP contribution is -2.45. The topological polar surface area (TPSA) is 95.9 Å². The smallest absolute Gasteiger partial charge is 0.305 e. The number of aliphatic hydroxyl groups excluding tert-OH is 2. The van der Waals surface area contributed by atoms with Crippen molar-refractivity contribution >= 4 is 11.9 Å². The molecular formula is C52H99NO5. The number of unbranched alkanes of at least 4 members (excludes halogenated alkanes) is 34. The van der Waals surface area contributed by atoms with Crippen molar-refractivity contribution < 1.29 is 24.5 Å². The van der Waals surface area contributed by atoms with Crippen LogP contribution in [0.1, 0.15) is 271 Å². The summed E-state index contributed by atoms with van der Waals surface area (Å²) in [5.74, 6) is -0.130. The van der Waals surface area contributed by atoms with Gasteiger partial charge in [-0.2, -0.15) is 0 Å². The Morgan fingerprint density at radius 2 is 0.810 bits per heavy atom. The fourth-order valence-corrected chi connectivity index (χ4v) is 7.74. The van der Waals surface area contributed by atoms with E-state index in [2.05, 4.69) is 31.3 Å². The van der Waals surface area contributed by atoms with E-state index in [0.717, 1.165) is 57.8 Å². The van der Waals surface area contributed by atoms with Gasteiger partial charge in [0, 0.05) is 12.8 Å². The number of hydrogen-bond acceptors (Lipinski definition) is 5. The second-order valence-corrected chi connectivity index (χ2v) is 17.5. The number of carbonyl (C=O) groups excluding carboxylic acids is 2. The van der Waals surface area contributed by atoms with Gasteiger partial charge in [-0.15, -0.1) is 0 Å². The van der Waals surface area contributed by atoms with Crippen LogP contribution in [0, 0.1) is 0 Å². The quantitative estimate of drug-likeness (QED) is 0.0323. The molecule has 6 nitrogen and oxygen atoms in total. The van der Waals surface area contributed by atoms with Gasteiger partial charge < -0.3 is 20.3 Å². The highest BCUT2D eigenvalue weighted by atomic mass is 16.5. The van der Waals surface area contributed by atoms with Gasteiger partial charge in [-0.1, -0.05) is 224 Å². The van der Waals surface area contributed by atoms with E-state index < -0.39 is 12.1 Å². The van der Waals surface area contributed by atoms with Crippen LogP contribution in [0.5, 0.6) is 0 Å². The maximum atomic E-state index is 12.4. The molecule has 1 amide bonds. The summed E-state index contributed by atoms with van der Waals surface area (Å²) in [7, 11) is 0. The molecule has 0 aromatic carbocycles. The zero-order valence-electron chi connectivity index (χ0n) is 38.8. The summed E-state index contributed by atoms with van der Waals surface area (Å²) in [4.78, 5) is 24.5. The van der Waals surface area contributed by atoms with Crippen molar-refractivity contribution in [2.75, 3.05) is 13.2 Å². The third kappa shape index (κ3) is 43.9. The molecule has 0 aromatic rings. The number of nitrogens with one attached hydrogen (secondary N) is 1. The van der Waals surface area contributed by atoms with E-state index in [4.69, 9.17) is 4.74 Å². The number of hydrogen-bond donors (Lipinski definition) is 3. The van der Waals surface area contributed by atoms with Crippen molar-refractivity contribution in [2.45, 2.75) is 283 Å². The highest BCUT2D eigenvalue weighted by molar-refractivity contribution is 5.76. The monoisotopic (exact) mass is 818 g/mol. The lowest BCUT2D eigenvalue weighted by molar-refractivity contribution is -0.143. The van der Waals surface area contributed by atoms with E-state index in [-0.39, 0.29) is 18.5 Å². The third-order valence-electron chi connectivity index (χ3n) is 11.7. The first-order valence-corrected chi connectivity index (χ1v) is 25.6. The molecule has 0 aliphatic rings. The van der Waals surface area contributed by atoms with E-state index in [1.54, 1.807) is 6.08 Å². The molecule has 0 heterocycles. The lowest BCUT2D eigenvalue weighted by Gasteiger charge is -2.20. The summed E-state index contributed by atoms with van der Waals surface area (Å²) < 4.78 is 5.44. The normalized spacial score (nSPS) is 12.8. The average Bonchev–Trinajstić information content (AvgIpc) is 3.22. The second-order valence-electron chi connectivity index (χ2n) is 17.5. The van der Waals surface area contributed by atoms with Crippen LogP contribution < -0.4 is 5.32 Å². The molecule has 0 saturated heterocycles. The standard InChI is InChI=1S/C52H99NO5/c1-3-5-7-9-11-13-15-17-19-20-22-23-25-28-32-36-40-44-50(55)49(48-54)53-51(56)45-41-37-33-29-27-31-35-39-43-47-58-52(57)46-42-38-34-30-26-24-21-18-16-14-12-10-8-6-4-2/h18,21,40,44,49-50,54-55H,3-17,19-20,22-39,41-43,45-48H2,1-2H3,(H,53,56)/b21-18-,44-40+. The highest BCUT2D eigenvalue weighted by Gasteiger charge is 2.18. The molecule has 0 bridgehead atoms. The fourth-order valence-electron chi connectivity index (χ4n) is 7.74. The van der Waals surface area contributed by atoms with Gasteiger partial charge in [0.1, 0.15) is 0 Å². The number of rotatable bonds is 47. The number of allylic oxidation sites excluding steroid dienone is 3. The summed E-state index contributed by atoms with van der Waals surface area (Å²) >= 11 is 0. The molecule has 0 fully saturated rings. The minimum atomic E-state index is -0.862. The maximum absolute atomic E-state index is 12.4. The van der Waals surface area contributed by atoms with Crippen molar-refractivity contribution in [1.29, 1.82) is 0 Å². The van der Waals surface area contributed by atoms with Crippen LogP contribution >= 0.6 is 0 Å². The van der Waals surface area contributed by atoms with Gasteiger partial charge in [0.05, 0.1) is 25.4 Å². The van der Waals surface area contributed by atoms with Gasteiger partial charge in [-0.3, -0.25) is 9.59 Å². The summed E-state index contributed by atoms with van der Waals surface area (Å²) in [5.41, 5.74) is 0. The van der Waals surface area contributed by atoms with Crippen LogP contribution in [-0.4, -0.2) is 47.4 Å². The molecule has 2 atom stereocenters. The van der Waals surface area contributed by atoms with Crippen LogP contribution in [0.25, 0.3) is 0 Å². The average molecular weight is 818 g/mol. The van der Waals surface area contributed by atoms with E-state index in [9.17, 15) is 19.8 Å². The van der Waals surface area contributed by atoms with Crippen LogP contribution in [0.4, 0.5) is 0 Å². The molecule has 2 unspecified atom stereocenters. The number of amides is 1. The van der Waals surface area contributed by atoms with Crippen LogP contribution in [0.3, 0.4) is 0 Å². The molecule has 0 radical (unpaired) electrons. The molecule has 0 aliphatic heterocycles. The van der Waals surface area contributed by atoms with E-state index in [0.29, 0.717) is 19.4 Å². The Balaban J connectivity index is 3.53. The summed E-state index contributed by atoms with van der Waals surface area (Å²) in [5, 5.41) is 23.1. The van der Waals surface area contributed by atoms with Gasteiger partial charge in [-0.05, 0) is 57.8 Å². The molecule has 0 aromatic heterocycles. The van der Waals surface area contributed by atoms with Gasteiger partial charge in [0.2, 0.25) is 5.91 Å². The van der Waals surface area contributed by atoms with Gasteiger partial charge in [0.25, 0.3) is 0 Å². The van der Waals surface area contributed by atoms with Gasteiger partial charge in [0.15, 0.2) is 0 Å². The maximum Gasteiger partial charge on any atom is 0.305 e. The Morgan fingerprint density at radius 3 is 1.22 bits per heavy atom. The SMILES string of the molecule is CCCCCCCC/C=C\CCCCCCCC(=O)OCCCCCCCCCCCC(=O)NC(CO)C(O)/C=C/CCCCCCCCCCCCCCCCC. The van der Waals surface area contributed by atoms with Crippen molar-refractivity contribution in [3.05, 3.63) is 24.3 Å². The Labute approximate surface area is 361 Å². The van der Waals surface area contributed by atoms with Crippen LogP contribution in [0.15, 0.2) is 24.3 Å². The largest absolute Gasteiger partial charge is 0.466 e. The first-order valence-electron chi connectivity index (χ1n) is 25.6. The lowest BCUT2D eigenvalue weighted by atomic mass is 10.0. The first-order chi connectivity index (χ1) is 28.5. The summed E-state index contributed by atoms with van der Waals surface area (Å²) in [6.45, 7) is 4.83. The molecule has 0 aliphatic carbocycles. The van der Waals surface area contributed by atoms with E-state index in [1.165, 1.54) is 186 Å². The van der Waals surface area contributed by atoms with Crippen molar-refractivity contribution in [2.24, 2.45) is 0 Å². The number of aliphatic hydroxyl groups is 2. The van der Waals surface area contributed by atoms with E-state index in [1.807, 2.05) is 6.08 Å². The molecule has 58 heavy (non-hydrogen) atoms. The van der Waals surface area contributed by atoms with E-state index >= 15 is 0 Å². The Morgan fingerprint density at radius 1 is 0.466 bits per heavy atom. The minimum absolute atomic E-state index is 0.0352. The Bertz CT molecular complexity index is 904. The zero-order chi connectivity index (χ0) is 42.3. The first kappa shape index (κ1) is 56.3. The molecule has 342 valence electrons. The fraction of sp³-hybridized carbons (Fsp3) is 0.885. The zero-order valence-corrected chi connectivity index (χ0v) is 38.8. The number of ether oxygens (including phenoxy) is 1. The minimum Gasteiger partial charge on any atom is -0.466 e. The Hall–Kier alpha value is -1.66. The molecular weight excluding hydrogens is 719 g/mol. The van der Waals surface area contributed by atoms with Crippen LogP contribution in [0.2, 0.25) is 0 Å². The van der Waals surface area contributed by atoms with Gasteiger partial charge >= 0.3 is 5.97 Å². The number of esters is 1. The van der Waals surface area contributed by atoms with Crippen molar-refractivity contribution in [3.8, 4) is 0 Å². The van der Waals surface area contributed by atoms with Crippen LogP contribution in [-0.2, 0) is 14.3 Å². The molecule has 0 rings (SSSR count). The summed E-state index contributed by atoms with van der Waals surface area (Å²) in [6, 6.07) is -0.648. The molecule has 0 spiro atoms. The summed E-state index contributed by atoms with van der Waals surface area (Å²) in [6.07, 6.45) is 56.0.